The summed E-state index contributed by atoms with van der Waals surface area (Å²) in [4.78, 5) is 13.8. The van der Waals surface area contributed by atoms with Crippen LogP contribution in [0, 0.1) is 0 Å². The molecule has 0 spiro atoms. The minimum atomic E-state index is -0.0333. The maximum absolute atomic E-state index is 12.1. The number of halogens is 1. The second kappa shape index (κ2) is 6.33. The molecule has 1 aliphatic rings. The molecule has 0 aliphatic carbocycles. The third kappa shape index (κ3) is 3.18. The summed E-state index contributed by atoms with van der Waals surface area (Å²) in [6.45, 7) is 1.86. The predicted octanol–water partition coefficient (Wildman–Crippen LogP) is 1.86. The Labute approximate surface area is 112 Å². The lowest BCUT2D eigenvalue weighted by Crippen LogP contribution is -2.38. The smallest absolute Gasteiger partial charge is 0.289 e. The fraction of sp³-hybridized carbons (Fsp3) is 0.545. The lowest BCUT2D eigenvalue weighted by atomic mass is 10.2. The van der Waals surface area contributed by atoms with E-state index in [0.29, 0.717) is 5.76 Å². The van der Waals surface area contributed by atoms with Gasteiger partial charge in [0.2, 0.25) is 0 Å². The van der Waals surface area contributed by atoms with E-state index in [2.05, 4.69) is 5.32 Å². The summed E-state index contributed by atoms with van der Waals surface area (Å²) >= 11 is 1.50. The Morgan fingerprint density at radius 3 is 2.88 bits per heavy atom. The maximum Gasteiger partial charge on any atom is 0.289 e. The van der Waals surface area contributed by atoms with Crippen LogP contribution in [0.15, 0.2) is 21.6 Å². The molecule has 2 heterocycles. The van der Waals surface area contributed by atoms with Crippen LogP contribution in [0.3, 0.4) is 0 Å². The number of nitrogens with zero attached hydrogens (tertiary/aromatic N) is 1. The molecule has 1 N–H and O–H groups in total. The summed E-state index contributed by atoms with van der Waals surface area (Å²) in [7, 11) is 1.83. The Balaban J connectivity index is 0.00000144. The van der Waals surface area contributed by atoms with Crippen molar-refractivity contribution in [3.8, 4) is 0 Å². The number of rotatable bonds is 3. The standard InChI is InChI=1S/C11H16N2O2S.ClH/c1-13(8-5-6-12-7-8)11(14)9-3-4-10(15-9)16-2;/h3-4,8,12H,5-7H2,1-2H3;1H. The van der Waals surface area contributed by atoms with Crippen molar-refractivity contribution in [3.63, 3.8) is 0 Å². The van der Waals surface area contributed by atoms with Gasteiger partial charge in [0.25, 0.3) is 5.91 Å². The number of thioether (sulfide) groups is 1. The molecule has 1 fully saturated rings. The number of likely N-dealkylation sites (N-methyl/N-ethyl adjacent to an activating group) is 1. The highest BCUT2D eigenvalue weighted by molar-refractivity contribution is 7.98. The zero-order chi connectivity index (χ0) is 11.5. The average Bonchev–Trinajstić information content (AvgIpc) is 2.97. The highest BCUT2D eigenvalue weighted by Gasteiger charge is 2.25. The second-order valence-electron chi connectivity index (χ2n) is 3.89. The van der Waals surface area contributed by atoms with Gasteiger partial charge >= 0.3 is 0 Å². The molecule has 1 unspecified atom stereocenters. The van der Waals surface area contributed by atoms with Crippen molar-refractivity contribution in [2.45, 2.75) is 17.6 Å². The van der Waals surface area contributed by atoms with Gasteiger partial charge in [-0.15, -0.1) is 12.4 Å². The molecule has 17 heavy (non-hydrogen) atoms. The van der Waals surface area contributed by atoms with Gasteiger partial charge in [-0.05, 0) is 31.4 Å². The summed E-state index contributed by atoms with van der Waals surface area (Å²) in [6, 6.07) is 3.86. The molecule has 2 rings (SSSR count). The summed E-state index contributed by atoms with van der Waals surface area (Å²) in [5, 5.41) is 4.03. The molecular formula is C11H17ClN2O2S. The van der Waals surface area contributed by atoms with E-state index in [1.165, 1.54) is 11.8 Å². The molecule has 1 aromatic heterocycles. The predicted molar refractivity (Wildman–Crippen MR) is 71.1 cm³/mol. The molecule has 96 valence electrons. The molecule has 1 atom stereocenters. The fourth-order valence-electron chi connectivity index (χ4n) is 1.85. The van der Waals surface area contributed by atoms with E-state index in [1.54, 1.807) is 11.0 Å². The Bertz CT molecular complexity index is 377. The number of amides is 1. The second-order valence-corrected chi connectivity index (χ2v) is 4.70. The Hall–Kier alpha value is -0.650. The normalized spacial score (nSPS) is 18.8. The van der Waals surface area contributed by atoms with E-state index < -0.39 is 0 Å². The summed E-state index contributed by atoms with van der Waals surface area (Å²) in [5.74, 6) is 0.396. The molecule has 1 aromatic rings. The topological polar surface area (TPSA) is 45.5 Å². The number of furan rings is 1. The van der Waals surface area contributed by atoms with Crippen molar-refractivity contribution in [1.82, 2.24) is 10.2 Å². The van der Waals surface area contributed by atoms with Crippen LogP contribution in [0.2, 0.25) is 0 Å². The van der Waals surface area contributed by atoms with Crippen LogP contribution in [0.1, 0.15) is 17.0 Å². The van der Waals surface area contributed by atoms with Gasteiger partial charge in [-0.2, -0.15) is 0 Å². The van der Waals surface area contributed by atoms with Crippen LogP contribution in [0.4, 0.5) is 0 Å². The van der Waals surface area contributed by atoms with Gasteiger partial charge < -0.3 is 14.6 Å². The lowest BCUT2D eigenvalue weighted by molar-refractivity contribution is 0.0706. The van der Waals surface area contributed by atoms with Crippen LogP contribution in [0.25, 0.3) is 0 Å². The van der Waals surface area contributed by atoms with Crippen LogP contribution >= 0.6 is 24.2 Å². The van der Waals surface area contributed by atoms with Crippen molar-refractivity contribution < 1.29 is 9.21 Å². The largest absolute Gasteiger partial charge is 0.445 e. The summed E-state index contributed by atoms with van der Waals surface area (Å²) < 4.78 is 5.43. The Morgan fingerprint density at radius 1 is 1.59 bits per heavy atom. The fourth-order valence-corrected chi connectivity index (χ4v) is 2.23. The lowest BCUT2D eigenvalue weighted by Gasteiger charge is -2.22. The van der Waals surface area contributed by atoms with Gasteiger partial charge in [0.1, 0.15) is 0 Å². The van der Waals surface area contributed by atoms with E-state index >= 15 is 0 Å². The van der Waals surface area contributed by atoms with Crippen LogP contribution < -0.4 is 5.32 Å². The van der Waals surface area contributed by atoms with Crippen LogP contribution in [0.5, 0.6) is 0 Å². The van der Waals surface area contributed by atoms with Gasteiger partial charge in [-0.25, -0.2) is 0 Å². The van der Waals surface area contributed by atoms with Crippen molar-refractivity contribution in [2.75, 3.05) is 26.4 Å². The molecule has 1 saturated heterocycles. The molecule has 0 saturated carbocycles. The van der Waals surface area contributed by atoms with Gasteiger partial charge in [0.05, 0.1) is 0 Å². The van der Waals surface area contributed by atoms with Gasteiger partial charge in [0, 0.05) is 19.6 Å². The average molecular weight is 277 g/mol. The first kappa shape index (κ1) is 14.4. The van der Waals surface area contributed by atoms with E-state index in [-0.39, 0.29) is 24.4 Å². The molecule has 6 heteroatoms. The molecule has 0 radical (unpaired) electrons. The van der Waals surface area contributed by atoms with E-state index in [9.17, 15) is 4.79 Å². The van der Waals surface area contributed by atoms with E-state index in [0.717, 1.165) is 24.6 Å². The molecule has 4 nitrogen and oxygen atoms in total. The van der Waals surface area contributed by atoms with Crippen molar-refractivity contribution in [2.24, 2.45) is 0 Å². The van der Waals surface area contributed by atoms with Crippen LogP contribution in [-0.4, -0.2) is 43.2 Å². The highest BCUT2D eigenvalue weighted by Crippen LogP contribution is 2.20. The molecule has 1 amide bonds. The minimum Gasteiger partial charge on any atom is -0.445 e. The molecular weight excluding hydrogens is 260 g/mol. The highest BCUT2D eigenvalue weighted by atomic mass is 35.5. The molecule has 1 aliphatic heterocycles. The SMILES string of the molecule is CSc1ccc(C(=O)N(C)C2CCNC2)o1.Cl. The first-order valence-electron chi connectivity index (χ1n) is 5.34. The number of carbonyl (C=O) groups excluding carboxylic acids is 1. The number of hydrogen-bond acceptors (Lipinski definition) is 4. The van der Waals surface area contributed by atoms with Crippen LogP contribution in [-0.2, 0) is 0 Å². The first-order chi connectivity index (χ1) is 7.72. The Kier molecular flexibility index (Phi) is 5.36. The summed E-state index contributed by atoms with van der Waals surface area (Å²) in [5.41, 5.74) is 0. The van der Waals surface area contributed by atoms with E-state index in [4.69, 9.17) is 4.42 Å². The quantitative estimate of drug-likeness (QED) is 0.856. The maximum atomic E-state index is 12.1. The Morgan fingerprint density at radius 2 is 2.35 bits per heavy atom. The summed E-state index contributed by atoms with van der Waals surface area (Å²) in [6.07, 6.45) is 2.94. The third-order valence-electron chi connectivity index (χ3n) is 2.90. The van der Waals surface area contributed by atoms with Gasteiger partial charge in [-0.1, -0.05) is 11.8 Å². The van der Waals surface area contributed by atoms with Crippen molar-refractivity contribution >= 4 is 30.1 Å². The van der Waals surface area contributed by atoms with Gasteiger partial charge in [0.15, 0.2) is 10.9 Å². The molecule has 0 bridgehead atoms. The zero-order valence-electron chi connectivity index (χ0n) is 9.93. The number of hydrogen-bond donors (Lipinski definition) is 1. The third-order valence-corrected chi connectivity index (χ3v) is 3.52. The zero-order valence-corrected chi connectivity index (χ0v) is 11.6. The van der Waals surface area contributed by atoms with E-state index in [1.807, 2.05) is 19.4 Å². The number of nitrogens with one attached hydrogen (secondary N) is 1. The first-order valence-corrected chi connectivity index (χ1v) is 6.56. The molecule has 0 aromatic carbocycles. The van der Waals surface area contributed by atoms with Crippen molar-refractivity contribution in [3.05, 3.63) is 17.9 Å². The number of carbonyl (C=O) groups is 1. The van der Waals surface area contributed by atoms with Gasteiger partial charge in [-0.3, -0.25) is 4.79 Å². The monoisotopic (exact) mass is 276 g/mol. The minimum absolute atomic E-state index is 0. The van der Waals surface area contributed by atoms with Crippen molar-refractivity contribution in [1.29, 1.82) is 0 Å².